The van der Waals surface area contributed by atoms with Crippen molar-refractivity contribution in [2.24, 2.45) is 0 Å². The third kappa shape index (κ3) is 6.31. The van der Waals surface area contributed by atoms with Crippen molar-refractivity contribution >= 4 is 33.6 Å². The number of carbonyl (C=O) groups excluding carboxylic acids is 1. The van der Waals surface area contributed by atoms with Crippen LogP contribution in [0.2, 0.25) is 0 Å². The topological polar surface area (TPSA) is 62.1 Å². The predicted octanol–water partition coefficient (Wildman–Crippen LogP) is 6.50. The van der Waals surface area contributed by atoms with E-state index in [1.54, 1.807) is 18.2 Å². The molecule has 0 aliphatic rings. The molecule has 1 amide bonds. The van der Waals surface area contributed by atoms with Gasteiger partial charge in [-0.15, -0.1) is 0 Å². The fourth-order valence-corrected chi connectivity index (χ4v) is 3.60. The summed E-state index contributed by atoms with van der Waals surface area (Å²) in [6, 6.07) is 21.2. The molecule has 0 saturated heterocycles. The Morgan fingerprint density at radius 2 is 1.68 bits per heavy atom. The van der Waals surface area contributed by atoms with Crippen molar-refractivity contribution in [2.75, 3.05) is 5.32 Å². The van der Waals surface area contributed by atoms with Crippen LogP contribution in [-0.2, 0) is 11.4 Å². The van der Waals surface area contributed by atoms with Gasteiger partial charge in [-0.3, -0.25) is 4.79 Å². The molecule has 3 aromatic rings. The van der Waals surface area contributed by atoms with Crippen molar-refractivity contribution in [2.45, 2.75) is 27.4 Å². The molecule has 1 N–H and O–H groups in total. The highest BCUT2D eigenvalue weighted by Gasteiger charge is 2.12. The molecule has 0 fully saturated rings. The molecule has 0 aliphatic carbocycles. The molecule has 156 valence electrons. The number of hydrogen-bond acceptors (Lipinski definition) is 3. The molecule has 0 atom stereocenters. The maximum atomic E-state index is 12.6. The molecular formula is C26H23BrN2O2. The number of amides is 1. The van der Waals surface area contributed by atoms with Gasteiger partial charge in [0.05, 0.1) is 0 Å². The molecule has 0 aliphatic heterocycles. The van der Waals surface area contributed by atoms with Gasteiger partial charge in [-0.05, 0) is 62.7 Å². The number of ether oxygens (including phenoxy) is 1. The maximum Gasteiger partial charge on any atom is 0.266 e. The SMILES string of the molecule is Cc1ccc(NC(=O)/C(C#N)=C/c2cc(Br)ccc2OCc2cc(C)cc(C)c2)cc1. The maximum absolute atomic E-state index is 12.6. The van der Waals surface area contributed by atoms with E-state index in [0.717, 1.165) is 15.6 Å². The van der Waals surface area contributed by atoms with Gasteiger partial charge in [-0.25, -0.2) is 0 Å². The van der Waals surface area contributed by atoms with Crippen molar-refractivity contribution in [3.8, 4) is 11.8 Å². The van der Waals surface area contributed by atoms with Gasteiger partial charge >= 0.3 is 0 Å². The van der Waals surface area contributed by atoms with Gasteiger partial charge in [0.25, 0.3) is 5.91 Å². The fourth-order valence-electron chi connectivity index (χ4n) is 3.22. The summed E-state index contributed by atoms with van der Waals surface area (Å²) in [7, 11) is 0. The number of nitrogens with zero attached hydrogens (tertiary/aromatic N) is 1. The molecule has 0 radical (unpaired) electrons. The third-order valence-electron chi connectivity index (χ3n) is 4.62. The molecule has 0 heterocycles. The smallest absolute Gasteiger partial charge is 0.266 e. The molecule has 31 heavy (non-hydrogen) atoms. The summed E-state index contributed by atoms with van der Waals surface area (Å²) >= 11 is 3.45. The number of halogens is 1. The highest BCUT2D eigenvalue weighted by molar-refractivity contribution is 9.10. The van der Waals surface area contributed by atoms with E-state index >= 15 is 0 Å². The lowest BCUT2D eigenvalue weighted by atomic mass is 10.1. The summed E-state index contributed by atoms with van der Waals surface area (Å²) in [5, 5.41) is 12.3. The largest absolute Gasteiger partial charge is 0.488 e. The molecule has 4 nitrogen and oxygen atoms in total. The van der Waals surface area contributed by atoms with E-state index in [1.807, 2.05) is 43.3 Å². The third-order valence-corrected chi connectivity index (χ3v) is 5.12. The summed E-state index contributed by atoms with van der Waals surface area (Å²) in [5.74, 6) is 0.129. The molecule has 0 aromatic heterocycles. The van der Waals surface area contributed by atoms with Crippen molar-refractivity contribution < 1.29 is 9.53 Å². The van der Waals surface area contributed by atoms with E-state index in [-0.39, 0.29) is 5.57 Å². The first-order valence-electron chi connectivity index (χ1n) is 9.83. The number of aryl methyl sites for hydroxylation is 3. The molecule has 0 spiro atoms. The first kappa shape index (κ1) is 22.3. The number of nitrogens with one attached hydrogen (secondary N) is 1. The van der Waals surface area contributed by atoms with Crippen LogP contribution in [0.4, 0.5) is 5.69 Å². The highest BCUT2D eigenvalue weighted by Crippen LogP contribution is 2.27. The zero-order chi connectivity index (χ0) is 22.4. The average Bonchev–Trinajstić information content (AvgIpc) is 2.72. The normalized spacial score (nSPS) is 11.0. The van der Waals surface area contributed by atoms with E-state index in [0.29, 0.717) is 23.6 Å². The van der Waals surface area contributed by atoms with Crippen LogP contribution in [0.15, 0.2) is 70.7 Å². The number of benzene rings is 3. The van der Waals surface area contributed by atoms with Crippen LogP contribution in [0.1, 0.15) is 27.8 Å². The van der Waals surface area contributed by atoms with Gasteiger partial charge in [-0.1, -0.05) is 63.0 Å². The van der Waals surface area contributed by atoms with Crippen LogP contribution in [-0.4, -0.2) is 5.91 Å². The summed E-state index contributed by atoms with van der Waals surface area (Å²) < 4.78 is 6.87. The van der Waals surface area contributed by atoms with Crippen LogP contribution < -0.4 is 10.1 Å². The lowest BCUT2D eigenvalue weighted by Gasteiger charge is -2.12. The van der Waals surface area contributed by atoms with Gasteiger partial charge in [-0.2, -0.15) is 5.26 Å². The van der Waals surface area contributed by atoms with E-state index in [1.165, 1.54) is 11.1 Å². The van der Waals surface area contributed by atoms with Crippen molar-refractivity contribution in [1.82, 2.24) is 0 Å². The second kappa shape index (κ2) is 10.1. The summed E-state index contributed by atoms with van der Waals surface area (Å²) in [6.07, 6.45) is 1.55. The van der Waals surface area contributed by atoms with Gasteiger partial charge in [0.15, 0.2) is 0 Å². The van der Waals surface area contributed by atoms with Crippen LogP contribution in [0.5, 0.6) is 5.75 Å². The van der Waals surface area contributed by atoms with Crippen LogP contribution >= 0.6 is 15.9 Å². The summed E-state index contributed by atoms with van der Waals surface area (Å²) in [4.78, 5) is 12.6. The van der Waals surface area contributed by atoms with Gasteiger partial charge < -0.3 is 10.1 Å². The zero-order valence-electron chi connectivity index (χ0n) is 17.7. The van der Waals surface area contributed by atoms with E-state index in [4.69, 9.17) is 4.74 Å². The Morgan fingerprint density at radius 1 is 1.00 bits per heavy atom. The average molecular weight is 475 g/mol. The van der Waals surface area contributed by atoms with Crippen LogP contribution in [0.3, 0.4) is 0 Å². The minimum Gasteiger partial charge on any atom is -0.488 e. The van der Waals surface area contributed by atoms with Crippen LogP contribution in [0.25, 0.3) is 6.08 Å². The summed E-state index contributed by atoms with van der Waals surface area (Å²) in [5.41, 5.74) is 5.78. The second-order valence-corrected chi connectivity index (χ2v) is 8.37. The molecule has 3 aromatic carbocycles. The molecule has 5 heteroatoms. The molecular weight excluding hydrogens is 452 g/mol. The van der Waals surface area contributed by atoms with Gasteiger partial charge in [0, 0.05) is 15.7 Å². The van der Waals surface area contributed by atoms with Crippen molar-refractivity contribution in [1.29, 1.82) is 5.26 Å². The number of rotatable bonds is 6. The Bertz CT molecular complexity index is 1150. The Hall–Kier alpha value is -3.36. The van der Waals surface area contributed by atoms with Crippen molar-refractivity contribution in [3.63, 3.8) is 0 Å². The first-order chi connectivity index (χ1) is 14.8. The van der Waals surface area contributed by atoms with E-state index in [9.17, 15) is 10.1 Å². The minimum atomic E-state index is -0.466. The minimum absolute atomic E-state index is 0.00470. The van der Waals surface area contributed by atoms with E-state index < -0.39 is 5.91 Å². The predicted molar refractivity (Wildman–Crippen MR) is 128 cm³/mol. The number of nitriles is 1. The Kier molecular flexibility index (Phi) is 7.28. The van der Waals surface area contributed by atoms with Gasteiger partial charge in [0.1, 0.15) is 24.0 Å². The Balaban J connectivity index is 1.83. The number of carbonyl (C=O) groups is 1. The highest BCUT2D eigenvalue weighted by atomic mass is 79.9. The number of anilines is 1. The molecule has 0 saturated carbocycles. The summed E-state index contributed by atoms with van der Waals surface area (Å²) in [6.45, 7) is 6.47. The van der Waals surface area contributed by atoms with Crippen LogP contribution in [0, 0.1) is 32.1 Å². The standard InChI is InChI=1S/C26H23BrN2O2/c1-17-4-7-24(8-5-17)29-26(30)22(15-28)13-21-14-23(27)6-9-25(21)31-16-20-11-18(2)10-19(3)12-20/h4-14H,16H2,1-3H3,(H,29,30)/b22-13+. The fraction of sp³-hybridized carbons (Fsp3) is 0.154. The monoisotopic (exact) mass is 474 g/mol. The second-order valence-electron chi connectivity index (χ2n) is 7.46. The Labute approximate surface area is 191 Å². The lowest BCUT2D eigenvalue weighted by Crippen LogP contribution is -2.13. The molecule has 0 bridgehead atoms. The quantitative estimate of drug-likeness (QED) is 0.327. The van der Waals surface area contributed by atoms with Gasteiger partial charge in [0.2, 0.25) is 0 Å². The number of hydrogen-bond donors (Lipinski definition) is 1. The zero-order valence-corrected chi connectivity index (χ0v) is 19.3. The lowest BCUT2D eigenvalue weighted by molar-refractivity contribution is -0.112. The van der Waals surface area contributed by atoms with E-state index in [2.05, 4.69) is 53.3 Å². The van der Waals surface area contributed by atoms with Crippen molar-refractivity contribution in [3.05, 3.63) is 98.5 Å². The first-order valence-corrected chi connectivity index (χ1v) is 10.6. The Morgan fingerprint density at radius 3 is 2.32 bits per heavy atom. The molecule has 0 unspecified atom stereocenters. The molecule has 3 rings (SSSR count).